The smallest absolute Gasteiger partial charge is 0.231 e. The highest BCUT2D eigenvalue weighted by atomic mass is 16.7. The maximum atomic E-state index is 5.87. The third-order valence-electron chi connectivity index (χ3n) is 5.50. The van der Waals surface area contributed by atoms with Crippen molar-refractivity contribution in [1.29, 1.82) is 0 Å². The first-order chi connectivity index (χ1) is 12.3. The Balaban J connectivity index is 1.73. The quantitative estimate of drug-likeness (QED) is 0.862. The van der Waals surface area contributed by atoms with Gasteiger partial charge in [-0.25, -0.2) is 0 Å². The van der Waals surface area contributed by atoms with E-state index in [9.17, 15) is 0 Å². The van der Waals surface area contributed by atoms with E-state index in [1.165, 1.54) is 16.7 Å². The summed E-state index contributed by atoms with van der Waals surface area (Å²) in [6.07, 6.45) is 1.87. The summed E-state index contributed by atoms with van der Waals surface area (Å²) < 4.78 is 28.7. The van der Waals surface area contributed by atoms with Crippen LogP contribution in [0.3, 0.4) is 0 Å². The van der Waals surface area contributed by atoms with Gasteiger partial charge in [-0.2, -0.15) is 0 Å². The standard InChI is InChI=1S/C19H17NO5/c1-21-19-15-10(6-13-18(19)25-8-23-13)4-11-14-9(2-3-20-11)5-12-17(16(14)15)24-7-22-12/h5-6,11,20H,2-4,7-8H2,1H3. The summed E-state index contributed by atoms with van der Waals surface area (Å²) in [5, 5.41) is 3.65. The van der Waals surface area contributed by atoms with E-state index >= 15 is 0 Å². The molecule has 6 nitrogen and oxygen atoms in total. The number of hydrogen-bond donors (Lipinski definition) is 1. The fraction of sp³-hybridized carbons (Fsp3) is 0.368. The molecule has 0 spiro atoms. The molecular formula is C19H17NO5. The van der Waals surface area contributed by atoms with Gasteiger partial charge in [0.2, 0.25) is 19.3 Å². The first kappa shape index (κ1) is 13.7. The number of fused-ring (bicyclic) bond motifs is 5. The number of rotatable bonds is 1. The summed E-state index contributed by atoms with van der Waals surface area (Å²) >= 11 is 0. The molecule has 0 saturated heterocycles. The molecule has 25 heavy (non-hydrogen) atoms. The van der Waals surface area contributed by atoms with E-state index in [2.05, 4.69) is 17.4 Å². The largest absolute Gasteiger partial charge is 0.492 e. The average Bonchev–Trinajstić information content (AvgIpc) is 3.28. The second-order valence-corrected chi connectivity index (χ2v) is 6.70. The Kier molecular flexibility index (Phi) is 2.58. The van der Waals surface area contributed by atoms with E-state index < -0.39 is 0 Å². The zero-order chi connectivity index (χ0) is 16.5. The van der Waals surface area contributed by atoms with Crippen molar-refractivity contribution in [3.05, 3.63) is 28.8 Å². The van der Waals surface area contributed by atoms with Gasteiger partial charge in [-0.15, -0.1) is 0 Å². The van der Waals surface area contributed by atoms with Crippen molar-refractivity contribution >= 4 is 0 Å². The fourth-order valence-corrected chi connectivity index (χ4v) is 4.53. The molecule has 6 rings (SSSR count). The van der Waals surface area contributed by atoms with Crippen LogP contribution in [0.15, 0.2) is 12.1 Å². The van der Waals surface area contributed by atoms with Crippen molar-refractivity contribution in [3.8, 4) is 39.9 Å². The van der Waals surface area contributed by atoms with Crippen LogP contribution in [-0.4, -0.2) is 27.2 Å². The molecule has 0 amide bonds. The summed E-state index contributed by atoms with van der Waals surface area (Å²) in [5.74, 6) is 3.78. The van der Waals surface area contributed by atoms with Crippen molar-refractivity contribution in [2.45, 2.75) is 18.9 Å². The molecule has 0 radical (unpaired) electrons. The lowest BCUT2D eigenvalue weighted by Crippen LogP contribution is -2.33. The van der Waals surface area contributed by atoms with Crippen LogP contribution in [0.4, 0.5) is 0 Å². The number of nitrogens with one attached hydrogen (secondary N) is 1. The van der Waals surface area contributed by atoms with Crippen LogP contribution in [0.2, 0.25) is 0 Å². The highest BCUT2D eigenvalue weighted by molar-refractivity contribution is 5.90. The predicted molar refractivity (Wildman–Crippen MR) is 88.8 cm³/mol. The molecule has 0 saturated carbocycles. The molecule has 2 aromatic rings. The molecular weight excluding hydrogens is 322 g/mol. The van der Waals surface area contributed by atoms with Gasteiger partial charge in [0.15, 0.2) is 23.0 Å². The van der Waals surface area contributed by atoms with Crippen molar-refractivity contribution < 1.29 is 23.7 Å². The highest BCUT2D eigenvalue weighted by Gasteiger charge is 2.39. The zero-order valence-corrected chi connectivity index (χ0v) is 13.8. The summed E-state index contributed by atoms with van der Waals surface area (Å²) in [6, 6.07) is 4.49. The van der Waals surface area contributed by atoms with Crippen LogP contribution in [0.25, 0.3) is 11.1 Å². The van der Waals surface area contributed by atoms with Gasteiger partial charge in [-0.1, -0.05) is 0 Å². The normalized spacial score (nSPS) is 20.9. The Hall–Kier alpha value is -2.60. The lowest BCUT2D eigenvalue weighted by molar-refractivity contribution is 0.171. The average molecular weight is 339 g/mol. The molecule has 2 aromatic carbocycles. The summed E-state index contributed by atoms with van der Waals surface area (Å²) in [4.78, 5) is 0. The molecule has 1 atom stereocenters. The molecule has 1 unspecified atom stereocenters. The Labute approximate surface area is 144 Å². The maximum absolute atomic E-state index is 5.87. The van der Waals surface area contributed by atoms with E-state index in [4.69, 9.17) is 23.7 Å². The third kappa shape index (κ3) is 1.67. The van der Waals surface area contributed by atoms with Crippen molar-refractivity contribution in [2.24, 2.45) is 0 Å². The third-order valence-corrected chi connectivity index (χ3v) is 5.50. The predicted octanol–water partition coefficient (Wildman–Crippen LogP) is 2.56. The van der Waals surface area contributed by atoms with Gasteiger partial charge in [0.25, 0.3) is 0 Å². The minimum absolute atomic E-state index is 0.223. The van der Waals surface area contributed by atoms with Crippen molar-refractivity contribution in [1.82, 2.24) is 5.32 Å². The van der Waals surface area contributed by atoms with Gasteiger partial charge in [-0.05, 0) is 48.2 Å². The van der Waals surface area contributed by atoms with Crippen LogP contribution < -0.4 is 29.0 Å². The number of methoxy groups -OCH3 is 1. The zero-order valence-electron chi connectivity index (χ0n) is 13.8. The van der Waals surface area contributed by atoms with E-state index in [0.717, 1.165) is 53.5 Å². The van der Waals surface area contributed by atoms with Gasteiger partial charge < -0.3 is 29.0 Å². The SMILES string of the molecule is COc1c2c(cc3c1-c1c4c(cc5c1C(C3)NCC5)OCO4)OCO2. The molecule has 4 aliphatic rings. The van der Waals surface area contributed by atoms with E-state index in [0.29, 0.717) is 5.75 Å². The first-order valence-corrected chi connectivity index (χ1v) is 8.53. The van der Waals surface area contributed by atoms with Gasteiger partial charge in [0.05, 0.1) is 7.11 Å². The number of hydrogen-bond acceptors (Lipinski definition) is 6. The minimum Gasteiger partial charge on any atom is -0.492 e. The molecule has 3 aliphatic heterocycles. The van der Waals surface area contributed by atoms with E-state index in [-0.39, 0.29) is 19.6 Å². The second kappa shape index (κ2) is 4.73. The van der Waals surface area contributed by atoms with Gasteiger partial charge in [0.1, 0.15) is 0 Å². The van der Waals surface area contributed by atoms with Gasteiger partial charge in [-0.3, -0.25) is 0 Å². The van der Waals surface area contributed by atoms with Crippen molar-refractivity contribution in [3.63, 3.8) is 0 Å². The summed E-state index contributed by atoms with van der Waals surface area (Å²) in [7, 11) is 1.68. The van der Waals surface area contributed by atoms with E-state index in [1.807, 2.05) is 0 Å². The number of benzene rings is 2. The van der Waals surface area contributed by atoms with Crippen LogP contribution in [0.1, 0.15) is 22.7 Å². The molecule has 6 heteroatoms. The van der Waals surface area contributed by atoms with Crippen LogP contribution in [-0.2, 0) is 12.8 Å². The molecule has 3 heterocycles. The minimum atomic E-state index is 0.223. The topological polar surface area (TPSA) is 58.2 Å². The lowest BCUT2D eigenvalue weighted by Gasteiger charge is -2.35. The van der Waals surface area contributed by atoms with Crippen LogP contribution >= 0.6 is 0 Å². The molecule has 128 valence electrons. The van der Waals surface area contributed by atoms with Gasteiger partial charge in [0, 0.05) is 17.2 Å². The molecule has 1 N–H and O–H groups in total. The number of ether oxygens (including phenoxy) is 5. The first-order valence-electron chi connectivity index (χ1n) is 8.53. The summed E-state index contributed by atoms with van der Waals surface area (Å²) in [6.45, 7) is 1.44. The van der Waals surface area contributed by atoms with Crippen molar-refractivity contribution in [2.75, 3.05) is 27.2 Å². The highest BCUT2D eigenvalue weighted by Crippen LogP contribution is 2.58. The molecule has 1 aliphatic carbocycles. The Bertz CT molecular complexity index is 923. The van der Waals surface area contributed by atoms with Gasteiger partial charge >= 0.3 is 0 Å². The Morgan fingerprint density at radius 2 is 1.72 bits per heavy atom. The maximum Gasteiger partial charge on any atom is 0.231 e. The second-order valence-electron chi connectivity index (χ2n) is 6.70. The molecule has 0 fully saturated rings. The van der Waals surface area contributed by atoms with E-state index in [1.54, 1.807) is 7.11 Å². The summed E-state index contributed by atoms with van der Waals surface area (Å²) in [5.41, 5.74) is 5.94. The molecule has 0 aromatic heterocycles. The Morgan fingerprint density at radius 1 is 0.960 bits per heavy atom. The fourth-order valence-electron chi connectivity index (χ4n) is 4.53. The van der Waals surface area contributed by atoms with Crippen LogP contribution in [0.5, 0.6) is 28.7 Å². The Morgan fingerprint density at radius 3 is 2.56 bits per heavy atom. The van der Waals surface area contributed by atoms with Crippen LogP contribution in [0, 0.1) is 0 Å². The molecule has 0 bridgehead atoms. The monoisotopic (exact) mass is 339 g/mol. The lowest BCUT2D eigenvalue weighted by atomic mass is 9.76.